The summed E-state index contributed by atoms with van der Waals surface area (Å²) in [6.45, 7) is 10.9. The number of benzene rings is 1. The van der Waals surface area contributed by atoms with Crippen molar-refractivity contribution in [3.8, 4) is 0 Å². The quantitative estimate of drug-likeness (QED) is 0.279. The van der Waals surface area contributed by atoms with Gasteiger partial charge in [0.05, 0.1) is 10.6 Å². The van der Waals surface area contributed by atoms with E-state index in [0.717, 1.165) is 9.31 Å². The number of likely N-dealkylation sites (N-methyl/N-ethyl adjacent to an activating group) is 1. The summed E-state index contributed by atoms with van der Waals surface area (Å²) < 4.78 is 37.0. The van der Waals surface area contributed by atoms with Crippen LogP contribution in [0.1, 0.15) is 54.0 Å². The minimum atomic E-state index is -3.77. The molecule has 0 spiro atoms. The molecule has 0 N–H and O–H groups in total. The summed E-state index contributed by atoms with van der Waals surface area (Å²) in [5, 5.41) is 9.58. The summed E-state index contributed by atoms with van der Waals surface area (Å²) in [4.78, 5) is 50.7. The number of sulfonamides is 1. The van der Waals surface area contributed by atoms with Crippen LogP contribution in [0.3, 0.4) is 0 Å². The summed E-state index contributed by atoms with van der Waals surface area (Å²) in [6.07, 6.45) is -2.54. The first-order valence-corrected chi connectivity index (χ1v) is 13.5. The molecule has 1 aliphatic rings. The van der Waals surface area contributed by atoms with Crippen molar-refractivity contribution in [3.05, 3.63) is 29.8 Å². The van der Waals surface area contributed by atoms with Gasteiger partial charge in [0.15, 0.2) is 0 Å². The Hall–Kier alpha value is -3.72. The molecule has 1 aliphatic heterocycles. The van der Waals surface area contributed by atoms with E-state index in [2.05, 4.69) is 10.3 Å². The van der Waals surface area contributed by atoms with Gasteiger partial charge in [-0.1, -0.05) is 17.3 Å². The topological polar surface area (TPSA) is 157 Å². The SMILES string of the molecule is CON=C(C)C1(N(OC(=O)OC(C)(C)C)C(=O)OC(C)(C)C)C(=O)N(C)N=C1c1ccc(S(=O)(=O)N(C)C)cc1. The first-order chi connectivity index (χ1) is 18.2. The van der Waals surface area contributed by atoms with E-state index < -0.39 is 44.9 Å². The van der Waals surface area contributed by atoms with Gasteiger partial charge in [0.2, 0.25) is 15.6 Å². The van der Waals surface area contributed by atoms with Crippen molar-refractivity contribution >= 4 is 39.6 Å². The Labute approximate surface area is 234 Å². The molecule has 1 aromatic carbocycles. The third-order valence-corrected chi connectivity index (χ3v) is 7.10. The number of carbonyl (C=O) groups excluding carboxylic acids is 3. The zero-order chi connectivity index (χ0) is 30.8. The molecule has 0 bridgehead atoms. The molecule has 0 aromatic heterocycles. The van der Waals surface area contributed by atoms with E-state index in [1.54, 1.807) is 41.5 Å². The fraction of sp³-hybridized carbons (Fsp3) is 0.560. The van der Waals surface area contributed by atoms with Crippen LogP contribution in [0.15, 0.2) is 39.4 Å². The predicted octanol–water partition coefficient (Wildman–Crippen LogP) is 2.98. The number of ether oxygens (including phenoxy) is 2. The molecule has 14 nitrogen and oxygen atoms in total. The van der Waals surface area contributed by atoms with E-state index in [-0.39, 0.29) is 21.9 Å². The summed E-state index contributed by atoms with van der Waals surface area (Å²) in [6, 6.07) is 5.43. The van der Waals surface area contributed by atoms with Crippen molar-refractivity contribution in [2.75, 3.05) is 28.3 Å². The van der Waals surface area contributed by atoms with Gasteiger partial charge in [0, 0.05) is 26.7 Å². The number of hydroxylamine groups is 2. The molecule has 1 heterocycles. The van der Waals surface area contributed by atoms with Crippen LogP contribution >= 0.6 is 0 Å². The Kier molecular flexibility index (Phi) is 9.27. The van der Waals surface area contributed by atoms with Crippen LogP contribution in [0, 0.1) is 0 Å². The van der Waals surface area contributed by atoms with Crippen LogP contribution in [-0.2, 0) is 34.0 Å². The average molecular weight is 584 g/mol. The van der Waals surface area contributed by atoms with Crippen molar-refractivity contribution in [1.29, 1.82) is 0 Å². The van der Waals surface area contributed by atoms with Crippen LogP contribution < -0.4 is 0 Å². The Morgan fingerprint density at radius 1 is 1.00 bits per heavy atom. The zero-order valence-electron chi connectivity index (χ0n) is 24.6. The van der Waals surface area contributed by atoms with Gasteiger partial charge in [-0.2, -0.15) is 5.10 Å². The molecular weight excluding hydrogens is 546 g/mol. The van der Waals surface area contributed by atoms with Gasteiger partial charge in [0.1, 0.15) is 24.0 Å². The van der Waals surface area contributed by atoms with E-state index in [4.69, 9.17) is 19.1 Å². The lowest BCUT2D eigenvalue weighted by Gasteiger charge is -2.38. The second kappa shape index (κ2) is 11.4. The van der Waals surface area contributed by atoms with Gasteiger partial charge in [0.25, 0.3) is 5.91 Å². The summed E-state index contributed by atoms with van der Waals surface area (Å²) >= 11 is 0. The molecular formula is C25H37N5O9S. The highest BCUT2D eigenvalue weighted by Gasteiger charge is 2.63. The van der Waals surface area contributed by atoms with Crippen molar-refractivity contribution < 1.29 is 42.0 Å². The molecule has 0 aliphatic carbocycles. The standard InChI is InChI=1S/C25H37N5O9S/c1-16(27-36-11)25(30(21(32)37-23(2,3)4)39-22(33)38-24(5,6)7)19(26-29(10)20(25)31)17-12-14-18(15-13-17)40(34,35)28(8)9/h12-15H,1-11H3. The lowest BCUT2D eigenvalue weighted by atomic mass is 9.84. The molecule has 2 rings (SSSR count). The lowest BCUT2D eigenvalue weighted by molar-refractivity contribution is -0.169. The third-order valence-electron chi connectivity index (χ3n) is 5.27. The monoisotopic (exact) mass is 583 g/mol. The highest BCUT2D eigenvalue weighted by Crippen LogP contribution is 2.35. The Balaban J connectivity index is 2.86. The number of rotatable bonds is 6. The number of oxime groups is 1. The van der Waals surface area contributed by atoms with Crippen LogP contribution in [0.5, 0.6) is 0 Å². The molecule has 1 unspecified atom stereocenters. The zero-order valence-corrected chi connectivity index (χ0v) is 25.4. The second-order valence-electron chi connectivity index (χ2n) is 11.0. The maximum atomic E-state index is 13.9. The first-order valence-electron chi connectivity index (χ1n) is 12.1. The maximum absolute atomic E-state index is 13.9. The molecule has 0 fully saturated rings. The van der Waals surface area contributed by atoms with Gasteiger partial charge < -0.3 is 14.3 Å². The van der Waals surface area contributed by atoms with E-state index in [0.29, 0.717) is 5.06 Å². The smallest absolute Gasteiger partial charge is 0.442 e. The molecule has 0 radical (unpaired) electrons. The number of carbonyl (C=O) groups is 3. The van der Waals surface area contributed by atoms with Crippen molar-refractivity contribution in [1.82, 2.24) is 14.4 Å². The molecule has 2 amide bonds. The second-order valence-corrected chi connectivity index (χ2v) is 13.1. The lowest BCUT2D eigenvalue weighted by Crippen LogP contribution is -2.66. The van der Waals surface area contributed by atoms with Crippen molar-refractivity contribution in [2.45, 2.75) is 70.1 Å². The molecule has 1 aromatic rings. The fourth-order valence-electron chi connectivity index (χ4n) is 3.61. The van der Waals surface area contributed by atoms with E-state index in [9.17, 15) is 22.8 Å². The predicted molar refractivity (Wildman–Crippen MR) is 145 cm³/mol. The van der Waals surface area contributed by atoms with Gasteiger partial charge in [-0.15, -0.1) is 5.06 Å². The van der Waals surface area contributed by atoms with Gasteiger partial charge in [-0.3, -0.25) is 9.63 Å². The minimum Gasteiger partial charge on any atom is -0.442 e. The summed E-state index contributed by atoms with van der Waals surface area (Å²) in [5.74, 6) is -0.847. The number of nitrogens with zero attached hydrogens (tertiary/aromatic N) is 5. The van der Waals surface area contributed by atoms with E-state index in [1.807, 2.05) is 0 Å². The Morgan fingerprint density at radius 3 is 1.98 bits per heavy atom. The number of amides is 2. The van der Waals surface area contributed by atoms with Crippen LogP contribution in [0.2, 0.25) is 0 Å². The van der Waals surface area contributed by atoms with Crippen molar-refractivity contribution in [3.63, 3.8) is 0 Å². The minimum absolute atomic E-state index is 0.0265. The highest BCUT2D eigenvalue weighted by molar-refractivity contribution is 7.89. The summed E-state index contributed by atoms with van der Waals surface area (Å²) in [5.41, 5.74) is -4.48. The van der Waals surface area contributed by atoms with E-state index >= 15 is 0 Å². The number of hydrazone groups is 1. The molecule has 1 atom stereocenters. The maximum Gasteiger partial charge on any atom is 0.534 e. The molecule has 222 valence electrons. The van der Waals surface area contributed by atoms with Crippen LogP contribution in [-0.4, -0.2) is 97.4 Å². The molecule has 0 saturated heterocycles. The van der Waals surface area contributed by atoms with Crippen molar-refractivity contribution in [2.24, 2.45) is 10.3 Å². The molecule has 40 heavy (non-hydrogen) atoms. The largest absolute Gasteiger partial charge is 0.534 e. The van der Waals surface area contributed by atoms with E-state index in [1.165, 1.54) is 59.4 Å². The Morgan fingerprint density at radius 2 is 1.52 bits per heavy atom. The number of hydrogen-bond acceptors (Lipinski definition) is 11. The molecule has 0 saturated carbocycles. The molecule has 15 heteroatoms. The first kappa shape index (κ1) is 32.5. The normalized spacial score (nSPS) is 18.4. The van der Waals surface area contributed by atoms with Gasteiger partial charge >= 0.3 is 12.2 Å². The Bertz CT molecular complexity index is 1310. The van der Waals surface area contributed by atoms with Crippen LogP contribution in [0.4, 0.5) is 9.59 Å². The summed E-state index contributed by atoms with van der Waals surface area (Å²) in [7, 11) is 1.56. The number of hydrogen-bond donors (Lipinski definition) is 0. The van der Waals surface area contributed by atoms with Gasteiger partial charge in [-0.25, -0.2) is 27.3 Å². The fourth-order valence-corrected chi connectivity index (χ4v) is 4.52. The highest BCUT2D eigenvalue weighted by atomic mass is 32.2. The van der Waals surface area contributed by atoms with Crippen LogP contribution in [0.25, 0.3) is 0 Å². The third kappa shape index (κ3) is 6.70. The average Bonchev–Trinajstić information content (AvgIpc) is 3.06. The van der Waals surface area contributed by atoms with Gasteiger partial charge in [-0.05, 0) is 60.6 Å².